The third kappa shape index (κ3) is 4.18. The Kier molecular flexibility index (Phi) is 6.33. The Morgan fingerprint density at radius 1 is 0.677 bits per heavy atom. The van der Waals surface area contributed by atoms with Gasteiger partial charge < -0.3 is 0 Å². The molecule has 0 spiro atoms. The predicted octanol–water partition coefficient (Wildman–Crippen LogP) is 8.04. The Balaban J connectivity index is 3.14. The van der Waals surface area contributed by atoms with Crippen LogP contribution in [0, 0.1) is 9.39 Å². The molecular weight excluding hydrogens is 578 g/mol. The molecule has 31 heavy (non-hydrogen) atoms. The highest BCUT2D eigenvalue weighted by Gasteiger charge is 2.82. The maximum absolute atomic E-state index is 15.0. The zero-order chi connectivity index (χ0) is 24.2. The van der Waals surface area contributed by atoms with Crippen LogP contribution in [0.2, 0.25) is 0 Å². The SMILES string of the molecule is Fc1ccccc1-c1c(I)cc(C(F)(F)F)cc1C(F)(C(F)(F)F)C(F)(F)C(F)(F)F. The molecule has 0 saturated heterocycles. The molecule has 2 aromatic rings. The molecule has 0 aromatic heterocycles. The third-order valence-electron chi connectivity index (χ3n) is 4.11. The molecule has 1 atom stereocenters. The summed E-state index contributed by atoms with van der Waals surface area (Å²) < 4.78 is 174. The van der Waals surface area contributed by atoms with E-state index in [2.05, 4.69) is 0 Å². The highest BCUT2D eigenvalue weighted by atomic mass is 127. The van der Waals surface area contributed by atoms with E-state index in [1.165, 1.54) is 0 Å². The second kappa shape index (κ2) is 7.69. The highest BCUT2D eigenvalue weighted by Crippen LogP contribution is 2.60. The molecule has 14 heteroatoms. The van der Waals surface area contributed by atoms with Gasteiger partial charge in [0.05, 0.1) is 5.56 Å². The number of hydrogen-bond donors (Lipinski definition) is 0. The first-order chi connectivity index (χ1) is 13.8. The summed E-state index contributed by atoms with van der Waals surface area (Å²) in [7, 11) is 0. The van der Waals surface area contributed by atoms with Crippen LogP contribution in [0.3, 0.4) is 0 Å². The highest BCUT2D eigenvalue weighted by molar-refractivity contribution is 14.1. The van der Waals surface area contributed by atoms with Gasteiger partial charge in [0.2, 0.25) is 0 Å². The van der Waals surface area contributed by atoms with Crippen molar-refractivity contribution < 1.29 is 57.1 Å². The number of hydrogen-bond acceptors (Lipinski definition) is 0. The summed E-state index contributed by atoms with van der Waals surface area (Å²) in [4.78, 5) is 0. The molecule has 0 saturated carbocycles. The summed E-state index contributed by atoms with van der Waals surface area (Å²) in [5, 5.41) is 0. The maximum atomic E-state index is 15.0. The standard InChI is InChI=1S/C17H6F13I/c18-10-4-2-1-3-8(10)12-9(5-7(6-11(12)31)14(20,21)22)13(19,16(25,26)27)15(23,24)17(28,29)30/h1-6H. The largest absolute Gasteiger partial charge is 0.457 e. The first kappa shape index (κ1) is 25.5. The lowest BCUT2D eigenvalue weighted by Gasteiger charge is -2.37. The van der Waals surface area contributed by atoms with E-state index >= 15 is 4.39 Å². The molecule has 0 nitrogen and oxygen atoms in total. The molecule has 0 amide bonds. The molecule has 0 radical (unpaired) electrons. The molecule has 0 bridgehead atoms. The van der Waals surface area contributed by atoms with E-state index in [0.717, 1.165) is 34.7 Å². The molecule has 2 rings (SSSR count). The van der Waals surface area contributed by atoms with Crippen LogP contribution in [0.5, 0.6) is 0 Å². The molecule has 0 fully saturated rings. The van der Waals surface area contributed by atoms with Gasteiger partial charge in [-0.25, -0.2) is 8.78 Å². The van der Waals surface area contributed by atoms with E-state index in [1.807, 2.05) is 0 Å². The first-order valence-electron chi connectivity index (χ1n) is 7.63. The van der Waals surface area contributed by atoms with Gasteiger partial charge in [0, 0.05) is 20.3 Å². The lowest BCUT2D eigenvalue weighted by Crippen LogP contribution is -2.60. The average Bonchev–Trinajstić information content (AvgIpc) is 2.58. The number of rotatable bonds is 3. The minimum atomic E-state index is -7.23. The second-order valence-electron chi connectivity index (χ2n) is 6.09. The van der Waals surface area contributed by atoms with Crippen molar-refractivity contribution in [2.75, 3.05) is 0 Å². The van der Waals surface area contributed by atoms with Crippen molar-refractivity contribution in [2.45, 2.75) is 30.1 Å². The van der Waals surface area contributed by atoms with Crippen LogP contribution in [0.4, 0.5) is 57.1 Å². The Bertz CT molecular complexity index is 971. The van der Waals surface area contributed by atoms with Crippen molar-refractivity contribution in [1.82, 2.24) is 0 Å². The molecule has 0 aliphatic carbocycles. The number of alkyl halides is 12. The van der Waals surface area contributed by atoms with Gasteiger partial charge >= 0.3 is 30.1 Å². The van der Waals surface area contributed by atoms with Crippen LogP contribution in [0.1, 0.15) is 11.1 Å². The summed E-state index contributed by atoms with van der Waals surface area (Å²) >= 11 is 0.862. The predicted molar refractivity (Wildman–Crippen MR) is 89.4 cm³/mol. The smallest absolute Gasteiger partial charge is 0.221 e. The summed E-state index contributed by atoms with van der Waals surface area (Å²) in [5.41, 5.74) is -14.2. The second-order valence-corrected chi connectivity index (χ2v) is 7.25. The maximum Gasteiger partial charge on any atom is 0.457 e. The monoisotopic (exact) mass is 584 g/mol. The quantitative estimate of drug-likeness (QED) is 0.253. The third-order valence-corrected chi connectivity index (χ3v) is 4.96. The van der Waals surface area contributed by atoms with Crippen LogP contribution in [-0.4, -0.2) is 18.3 Å². The van der Waals surface area contributed by atoms with Crippen LogP contribution in [0.15, 0.2) is 36.4 Å². The summed E-state index contributed by atoms with van der Waals surface area (Å²) in [6, 6.07) is 2.23. The van der Waals surface area contributed by atoms with Crippen molar-refractivity contribution in [2.24, 2.45) is 0 Å². The molecule has 0 heterocycles. The van der Waals surface area contributed by atoms with E-state index in [1.54, 1.807) is 0 Å². The van der Waals surface area contributed by atoms with E-state index in [9.17, 15) is 52.7 Å². The van der Waals surface area contributed by atoms with Gasteiger partial charge in [-0.3, -0.25) is 0 Å². The van der Waals surface area contributed by atoms with Gasteiger partial charge in [0.1, 0.15) is 5.82 Å². The van der Waals surface area contributed by atoms with Crippen LogP contribution < -0.4 is 0 Å². The molecule has 2 aromatic carbocycles. The Morgan fingerprint density at radius 2 is 1.19 bits per heavy atom. The van der Waals surface area contributed by atoms with E-state index in [0.29, 0.717) is 12.1 Å². The van der Waals surface area contributed by atoms with Gasteiger partial charge in [0.15, 0.2) is 0 Å². The summed E-state index contributed by atoms with van der Waals surface area (Å²) in [6.45, 7) is 0. The molecule has 0 aliphatic rings. The van der Waals surface area contributed by atoms with Crippen molar-refractivity contribution in [3.05, 3.63) is 56.9 Å². The molecule has 0 N–H and O–H groups in total. The molecule has 1 unspecified atom stereocenters. The van der Waals surface area contributed by atoms with Gasteiger partial charge in [0.25, 0.3) is 0 Å². The Hall–Kier alpha value is -1.74. The Morgan fingerprint density at radius 3 is 1.61 bits per heavy atom. The van der Waals surface area contributed by atoms with E-state index < -0.39 is 67.8 Å². The van der Waals surface area contributed by atoms with Crippen molar-refractivity contribution >= 4 is 22.6 Å². The minimum absolute atomic E-state index is 0.0638. The topological polar surface area (TPSA) is 0 Å². The fourth-order valence-corrected chi connectivity index (χ4v) is 3.59. The molecular formula is C17H6F13I. The minimum Gasteiger partial charge on any atom is -0.221 e. The van der Waals surface area contributed by atoms with Gasteiger partial charge in [-0.1, -0.05) is 18.2 Å². The van der Waals surface area contributed by atoms with Crippen molar-refractivity contribution in [3.8, 4) is 11.1 Å². The van der Waals surface area contributed by atoms with Crippen LogP contribution in [-0.2, 0) is 11.8 Å². The number of benzene rings is 2. The fraction of sp³-hybridized carbons (Fsp3) is 0.294. The van der Waals surface area contributed by atoms with Crippen molar-refractivity contribution in [1.29, 1.82) is 0 Å². The first-order valence-corrected chi connectivity index (χ1v) is 8.71. The van der Waals surface area contributed by atoms with E-state index in [-0.39, 0.29) is 6.07 Å². The van der Waals surface area contributed by atoms with Gasteiger partial charge in [-0.2, -0.15) is 48.3 Å². The van der Waals surface area contributed by atoms with E-state index in [4.69, 9.17) is 0 Å². The Labute approximate surface area is 178 Å². The lowest BCUT2D eigenvalue weighted by molar-refractivity contribution is -0.389. The lowest BCUT2D eigenvalue weighted by atomic mass is 9.81. The average molecular weight is 584 g/mol. The summed E-state index contributed by atoms with van der Waals surface area (Å²) in [6.07, 6.45) is -19.8. The molecule has 0 aliphatic heterocycles. The zero-order valence-corrected chi connectivity index (χ0v) is 16.4. The zero-order valence-electron chi connectivity index (χ0n) is 14.3. The molecule has 172 valence electrons. The fourth-order valence-electron chi connectivity index (χ4n) is 2.67. The number of halogens is 14. The van der Waals surface area contributed by atoms with Crippen LogP contribution >= 0.6 is 22.6 Å². The van der Waals surface area contributed by atoms with Crippen LogP contribution in [0.25, 0.3) is 11.1 Å². The normalized spacial score (nSPS) is 15.7. The van der Waals surface area contributed by atoms with Gasteiger partial charge in [-0.15, -0.1) is 0 Å². The summed E-state index contributed by atoms with van der Waals surface area (Å²) in [5.74, 6) is -8.73. The van der Waals surface area contributed by atoms with Crippen molar-refractivity contribution in [3.63, 3.8) is 0 Å². The van der Waals surface area contributed by atoms with Gasteiger partial charge in [-0.05, 0) is 40.8 Å².